The Labute approximate surface area is 118 Å². The summed E-state index contributed by atoms with van der Waals surface area (Å²) in [5.41, 5.74) is 7.47. The molecule has 1 rings (SSSR count). The molecule has 1 heterocycles. The molecule has 0 spiro atoms. The van der Waals surface area contributed by atoms with E-state index in [-0.39, 0.29) is 0 Å². The number of pyridine rings is 1. The van der Waals surface area contributed by atoms with E-state index in [1.807, 2.05) is 12.4 Å². The smallest absolute Gasteiger partial charge is 0.0270 e. The normalized spacial score (nSPS) is 12.5. The number of nitrogens with two attached hydrogens (primary N) is 1. The quantitative estimate of drug-likeness (QED) is 0.597. The molecule has 0 aliphatic carbocycles. The highest BCUT2D eigenvalue weighted by molar-refractivity contribution is 5.10. The van der Waals surface area contributed by atoms with Crippen LogP contribution < -0.4 is 5.73 Å². The molecule has 1 unspecified atom stereocenters. The van der Waals surface area contributed by atoms with Gasteiger partial charge in [-0.1, -0.05) is 58.3 Å². The molecule has 0 fully saturated rings. The van der Waals surface area contributed by atoms with Gasteiger partial charge in [-0.25, -0.2) is 0 Å². The van der Waals surface area contributed by atoms with Crippen LogP contribution in [0.2, 0.25) is 0 Å². The molecule has 1 aromatic heterocycles. The molecule has 0 amide bonds. The van der Waals surface area contributed by atoms with Crippen molar-refractivity contribution in [3.05, 3.63) is 30.1 Å². The molecule has 0 aliphatic heterocycles. The number of nitrogens with zero attached hydrogens (tertiary/aromatic N) is 1. The number of aromatic nitrogens is 1. The fourth-order valence-electron chi connectivity index (χ4n) is 2.46. The van der Waals surface area contributed by atoms with Crippen molar-refractivity contribution < 1.29 is 0 Å². The zero-order chi connectivity index (χ0) is 13.8. The highest BCUT2D eigenvalue weighted by atomic mass is 14.6. The monoisotopic (exact) mass is 262 g/mol. The fourth-order valence-corrected chi connectivity index (χ4v) is 2.46. The molecule has 2 N–H and O–H groups in total. The maximum atomic E-state index is 6.17. The summed E-state index contributed by atoms with van der Waals surface area (Å²) in [6.45, 7) is 2.27. The third-order valence-corrected chi connectivity index (χ3v) is 3.68. The van der Waals surface area contributed by atoms with Gasteiger partial charge in [0.05, 0.1) is 0 Å². The van der Waals surface area contributed by atoms with Crippen molar-refractivity contribution in [2.75, 3.05) is 0 Å². The molecular weight excluding hydrogens is 232 g/mol. The van der Waals surface area contributed by atoms with Crippen LogP contribution in [0.5, 0.6) is 0 Å². The number of hydrogen-bond donors (Lipinski definition) is 1. The van der Waals surface area contributed by atoms with Crippen LogP contribution >= 0.6 is 0 Å². The van der Waals surface area contributed by atoms with Crippen LogP contribution in [0.3, 0.4) is 0 Å². The lowest BCUT2D eigenvalue weighted by molar-refractivity contribution is 0.524. The van der Waals surface area contributed by atoms with Crippen molar-refractivity contribution in [3.63, 3.8) is 0 Å². The van der Waals surface area contributed by atoms with Gasteiger partial charge in [-0.15, -0.1) is 0 Å². The zero-order valence-electron chi connectivity index (χ0n) is 12.5. The molecule has 108 valence electrons. The van der Waals surface area contributed by atoms with Gasteiger partial charge in [0.25, 0.3) is 0 Å². The first-order valence-corrected chi connectivity index (χ1v) is 7.97. The first-order chi connectivity index (χ1) is 9.33. The van der Waals surface area contributed by atoms with E-state index in [0.717, 1.165) is 12.8 Å². The van der Waals surface area contributed by atoms with Crippen LogP contribution in [-0.2, 0) is 6.42 Å². The van der Waals surface area contributed by atoms with Gasteiger partial charge in [0.2, 0.25) is 0 Å². The van der Waals surface area contributed by atoms with Gasteiger partial charge in [0, 0.05) is 18.4 Å². The van der Waals surface area contributed by atoms with Gasteiger partial charge < -0.3 is 5.73 Å². The van der Waals surface area contributed by atoms with E-state index in [4.69, 9.17) is 5.73 Å². The first-order valence-electron chi connectivity index (χ1n) is 7.97. The Kier molecular flexibility index (Phi) is 9.34. The van der Waals surface area contributed by atoms with Crippen molar-refractivity contribution in [1.29, 1.82) is 0 Å². The van der Waals surface area contributed by atoms with Crippen molar-refractivity contribution >= 4 is 0 Å². The SMILES string of the molecule is CCCCCCCCCCC(N)Cc1ccncc1. The third kappa shape index (κ3) is 8.77. The van der Waals surface area contributed by atoms with E-state index >= 15 is 0 Å². The van der Waals surface area contributed by atoms with Crippen molar-refractivity contribution in [2.24, 2.45) is 5.73 Å². The lowest BCUT2D eigenvalue weighted by Gasteiger charge is -2.11. The highest BCUT2D eigenvalue weighted by Gasteiger charge is 2.03. The van der Waals surface area contributed by atoms with Crippen LogP contribution in [0.1, 0.15) is 70.3 Å². The highest BCUT2D eigenvalue weighted by Crippen LogP contribution is 2.11. The molecule has 0 aromatic carbocycles. The first kappa shape index (κ1) is 16.2. The van der Waals surface area contributed by atoms with E-state index in [1.54, 1.807) is 0 Å². The predicted octanol–water partition coefficient (Wildman–Crippen LogP) is 4.48. The van der Waals surface area contributed by atoms with Crippen molar-refractivity contribution in [3.8, 4) is 0 Å². The molecule has 0 bridgehead atoms. The van der Waals surface area contributed by atoms with Gasteiger partial charge in [-0.05, 0) is 30.5 Å². The van der Waals surface area contributed by atoms with Crippen LogP contribution in [0, 0.1) is 0 Å². The van der Waals surface area contributed by atoms with E-state index in [2.05, 4.69) is 24.0 Å². The topological polar surface area (TPSA) is 38.9 Å². The van der Waals surface area contributed by atoms with Crippen molar-refractivity contribution in [1.82, 2.24) is 4.98 Å². The predicted molar refractivity (Wildman–Crippen MR) is 83.1 cm³/mol. The van der Waals surface area contributed by atoms with Gasteiger partial charge in [0.1, 0.15) is 0 Å². The van der Waals surface area contributed by atoms with Gasteiger partial charge in [-0.3, -0.25) is 4.98 Å². The molecule has 0 aliphatic rings. The van der Waals surface area contributed by atoms with Gasteiger partial charge in [-0.2, -0.15) is 0 Å². The molecule has 0 radical (unpaired) electrons. The Hall–Kier alpha value is -0.890. The minimum Gasteiger partial charge on any atom is -0.327 e. The van der Waals surface area contributed by atoms with E-state index < -0.39 is 0 Å². The largest absolute Gasteiger partial charge is 0.327 e. The summed E-state index contributed by atoms with van der Waals surface area (Å²) in [6, 6.07) is 4.43. The summed E-state index contributed by atoms with van der Waals surface area (Å²) >= 11 is 0. The summed E-state index contributed by atoms with van der Waals surface area (Å²) in [4.78, 5) is 4.03. The van der Waals surface area contributed by atoms with E-state index in [9.17, 15) is 0 Å². The summed E-state index contributed by atoms with van der Waals surface area (Å²) in [7, 11) is 0. The zero-order valence-corrected chi connectivity index (χ0v) is 12.5. The molecule has 0 saturated heterocycles. The lowest BCUT2D eigenvalue weighted by Crippen LogP contribution is -2.22. The summed E-state index contributed by atoms with van der Waals surface area (Å²) in [5.74, 6) is 0. The Bertz CT molecular complexity index is 297. The molecule has 2 heteroatoms. The fraction of sp³-hybridized carbons (Fsp3) is 0.706. The Morgan fingerprint density at radius 3 is 2.16 bits per heavy atom. The van der Waals surface area contributed by atoms with Gasteiger partial charge in [0.15, 0.2) is 0 Å². The minimum atomic E-state index is 0.308. The molecule has 1 atom stereocenters. The van der Waals surface area contributed by atoms with E-state index in [0.29, 0.717) is 6.04 Å². The standard InChI is InChI=1S/C17H30N2/c1-2-3-4-5-6-7-8-9-10-17(18)15-16-11-13-19-14-12-16/h11-14,17H,2-10,15,18H2,1H3. The average Bonchev–Trinajstić information content (AvgIpc) is 2.43. The number of hydrogen-bond acceptors (Lipinski definition) is 2. The third-order valence-electron chi connectivity index (χ3n) is 3.68. The Balaban J connectivity index is 1.94. The number of unbranched alkanes of at least 4 members (excludes halogenated alkanes) is 7. The summed E-state index contributed by atoms with van der Waals surface area (Å²) < 4.78 is 0. The maximum absolute atomic E-state index is 6.17. The Morgan fingerprint density at radius 1 is 0.947 bits per heavy atom. The molecule has 19 heavy (non-hydrogen) atoms. The van der Waals surface area contributed by atoms with Crippen LogP contribution in [0.15, 0.2) is 24.5 Å². The lowest BCUT2D eigenvalue weighted by atomic mass is 10.0. The second-order valence-corrected chi connectivity index (χ2v) is 5.58. The minimum absolute atomic E-state index is 0.308. The van der Waals surface area contributed by atoms with Crippen LogP contribution in [0.25, 0.3) is 0 Å². The van der Waals surface area contributed by atoms with Crippen molar-refractivity contribution in [2.45, 2.75) is 77.2 Å². The van der Waals surface area contributed by atoms with Crippen LogP contribution in [0.4, 0.5) is 0 Å². The second kappa shape index (κ2) is 11.0. The molecule has 1 aromatic rings. The van der Waals surface area contributed by atoms with E-state index in [1.165, 1.54) is 56.9 Å². The second-order valence-electron chi connectivity index (χ2n) is 5.58. The summed E-state index contributed by atoms with van der Waals surface area (Å²) in [6.07, 6.45) is 16.8. The Morgan fingerprint density at radius 2 is 1.53 bits per heavy atom. The summed E-state index contributed by atoms with van der Waals surface area (Å²) in [5, 5.41) is 0. The molecule has 0 saturated carbocycles. The maximum Gasteiger partial charge on any atom is 0.0270 e. The average molecular weight is 262 g/mol. The molecule has 2 nitrogen and oxygen atoms in total. The van der Waals surface area contributed by atoms with Gasteiger partial charge >= 0.3 is 0 Å². The van der Waals surface area contributed by atoms with Crippen LogP contribution in [-0.4, -0.2) is 11.0 Å². The molecular formula is C17H30N2. The number of rotatable bonds is 11.